The first-order valence-electron chi connectivity index (χ1n) is 36.6. The Kier molecular flexibility index (Phi) is 27.2. The Morgan fingerprint density at radius 1 is 0.550 bits per heavy atom. The first-order chi connectivity index (χ1) is 52.0. The number of rotatable bonds is 23. The third kappa shape index (κ3) is 20.2. The zero-order valence-corrected chi connectivity index (χ0v) is 65.7. The molecule has 0 bridgehead atoms. The van der Waals surface area contributed by atoms with E-state index in [2.05, 4.69) is 75.5 Å². The fraction of sp³-hybridized carbons (Fsp3) is 0.455. The van der Waals surface area contributed by atoms with Crippen LogP contribution in [0.25, 0.3) is 32.7 Å². The van der Waals surface area contributed by atoms with Crippen molar-refractivity contribution in [2.75, 3.05) is 111 Å². The number of piperidine rings is 3. The molecule has 12 rings (SSSR count). The van der Waals surface area contributed by atoms with E-state index >= 15 is 4.39 Å². The fourth-order valence-electron chi connectivity index (χ4n) is 12.7. The number of carbonyl (C=O) groups is 3. The van der Waals surface area contributed by atoms with Crippen LogP contribution in [0.1, 0.15) is 119 Å². The molecule has 3 aliphatic rings. The van der Waals surface area contributed by atoms with Crippen LogP contribution < -0.4 is 77.5 Å². The number of amides is 3. The molecule has 0 spiro atoms. The van der Waals surface area contributed by atoms with E-state index in [0.29, 0.717) is 89.4 Å². The van der Waals surface area contributed by atoms with Crippen LogP contribution in [0.4, 0.5) is 61.1 Å². The second-order valence-electron chi connectivity index (χ2n) is 28.5. The smallest absolute Gasteiger partial charge is 0.293 e. The van der Waals surface area contributed by atoms with Crippen molar-refractivity contribution in [3.63, 3.8) is 0 Å². The van der Waals surface area contributed by atoms with E-state index in [1.165, 1.54) is 44.0 Å². The molecule has 32 heteroatoms. The number of hydrogen-bond acceptors (Lipinski definition) is 21. The molecule has 0 aliphatic carbocycles. The van der Waals surface area contributed by atoms with E-state index in [1.807, 2.05) is 69.0 Å². The van der Waals surface area contributed by atoms with Gasteiger partial charge >= 0.3 is 0 Å². The largest absolute Gasteiger partial charge is 0.478 e. The Hall–Kier alpha value is -10.1. The molecule has 3 aliphatic heterocycles. The molecule has 6 N–H and O–H groups in total. The monoisotopic (exact) mass is 1560 g/mol. The Morgan fingerprint density at radius 3 is 1.39 bits per heavy atom. The van der Waals surface area contributed by atoms with Gasteiger partial charge in [0.25, 0.3) is 34.4 Å². The van der Waals surface area contributed by atoms with Crippen LogP contribution in [0.15, 0.2) is 99.7 Å². The lowest BCUT2D eigenvalue weighted by atomic mass is 9.96. The number of aromatic nitrogens is 9. The maximum absolute atomic E-state index is 15.8. The lowest BCUT2D eigenvalue weighted by Gasteiger charge is -2.34. The van der Waals surface area contributed by atoms with Gasteiger partial charge in [0.2, 0.25) is 17.8 Å². The molecule has 3 fully saturated rings. The highest BCUT2D eigenvalue weighted by atomic mass is 35.5. The highest BCUT2D eigenvalue weighted by Gasteiger charge is 2.32. The molecular weight excluding hydrogens is 1470 g/mol. The van der Waals surface area contributed by atoms with Crippen LogP contribution in [0.3, 0.4) is 0 Å². The Labute approximate surface area is 645 Å². The number of nitrogens with one attached hydrogen (secondary N) is 6. The van der Waals surface area contributed by atoms with Gasteiger partial charge in [-0.15, -0.1) is 0 Å². The van der Waals surface area contributed by atoms with Crippen LogP contribution in [0.5, 0.6) is 17.2 Å². The molecule has 3 amide bonds. The molecule has 582 valence electrons. The van der Waals surface area contributed by atoms with E-state index in [9.17, 15) is 33.2 Å². The van der Waals surface area contributed by atoms with E-state index in [0.717, 1.165) is 91.5 Å². The van der Waals surface area contributed by atoms with Crippen molar-refractivity contribution in [2.45, 2.75) is 132 Å². The van der Waals surface area contributed by atoms with Gasteiger partial charge in [-0.2, -0.15) is 15.0 Å². The number of halogens is 5. The van der Waals surface area contributed by atoms with Crippen molar-refractivity contribution in [3.8, 4) is 17.2 Å². The zero-order chi connectivity index (χ0) is 78.5. The number of ether oxygens (including phenoxy) is 3. The number of anilines is 9. The molecule has 0 radical (unpaired) electrons. The molecule has 3 aromatic carbocycles. The van der Waals surface area contributed by atoms with Crippen LogP contribution in [0, 0.1) is 23.6 Å². The second-order valence-corrected chi connectivity index (χ2v) is 29.8. The molecule has 3 saturated heterocycles. The van der Waals surface area contributed by atoms with Crippen molar-refractivity contribution < 1.29 is 37.4 Å². The number of benzene rings is 3. The summed E-state index contributed by atoms with van der Waals surface area (Å²) in [5.74, 6) is 2.99. The number of alkyl halides is 1. The predicted octanol–water partition coefficient (Wildman–Crippen LogP) is 13.1. The third-order valence-electron chi connectivity index (χ3n) is 19.4. The standard InChI is InChI=1S/2C26H33ClN6O3.C25H29ClF2N6O3/c1-16(2)14-33-21-6-5-19(11-18(21)12-22(25(33)35)36-15-23(34)28-4)30-24-20(27)13-29-26(31-24)32-9-7-17(3)8-10-32;1-5-17(3)33-21-7-6-19(12-18(21)13-22(25(33)35)36-15-23(34)28-4)30-24-20(27)14-29-26(31-24)32-10-8-16(2)9-11-32;1-14(2)34-18-6-5-17(21(27)15(18)11-19(23(34)36)37-13-20(35)29-4)31-22-16(26)12-30-24(32-22)33-9-7-25(3,28)8-10-33/h5-6,11-13,16-17H,7-10,14-15H2,1-4H3,(H,28,34)(H,29,30,31);6-7,12-14,16-17H,5,8-11,15H2,1-4H3,(H,28,34)(H,29,30,31);5-6,11-12,14H,7-10,13H2,1-4H3,(H,29,35)(H,30,31,32). The minimum Gasteiger partial charge on any atom is -0.478 e. The predicted molar refractivity (Wildman–Crippen MR) is 427 cm³/mol. The van der Waals surface area contributed by atoms with Crippen LogP contribution in [0.2, 0.25) is 15.1 Å². The van der Waals surface area contributed by atoms with Crippen LogP contribution >= 0.6 is 34.8 Å². The number of pyridine rings is 3. The minimum absolute atomic E-state index is 0.0477. The number of carbonyl (C=O) groups excluding carboxylic acids is 3. The van der Waals surface area contributed by atoms with Crippen molar-refractivity contribution in [1.29, 1.82) is 0 Å². The fourth-order valence-corrected chi connectivity index (χ4v) is 13.1. The average Bonchev–Trinajstić information content (AvgIpc) is 0.766. The molecule has 1 atom stereocenters. The average molecular weight is 1560 g/mol. The van der Waals surface area contributed by atoms with Gasteiger partial charge in [-0.1, -0.05) is 69.4 Å². The molecule has 9 aromatic rings. The van der Waals surface area contributed by atoms with Gasteiger partial charge in [-0.05, 0) is 157 Å². The first-order valence-corrected chi connectivity index (χ1v) is 37.8. The number of nitrogens with zero attached hydrogens (tertiary/aromatic N) is 12. The van der Waals surface area contributed by atoms with Gasteiger partial charge in [0.15, 0.2) is 60.3 Å². The lowest BCUT2D eigenvalue weighted by molar-refractivity contribution is -0.123. The van der Waals surface area contributed by atoms with Crippen LogP contribution in [-0.2, 0) is 20.9 Å². The summed E-state index contributed by atoms with van der Waals surface area (Å²) in [6.07, 6.45) is 10.6. The van der Waals surface area contributed by atoms with Crippen molar-refractivity contribution in [3.05, 3.63) is 137 Å². The number of likely N-dealkylation sites (N-methyl/N-ethyl adjacent to an activating group) is 3. The second kappa shape index (κ2) is 36.4. The first kappa shape index (κ1) is 81.4. The quantitative estimate of drug-likeness (QED) is 0.0347. The summed E-state index contributed by atoms with van der Waals surface area (Å²) < 4.78 is 51.4. The molecule has 1 unspecified atom stereocenters. The van der Waals surface area contributed by atoms with Gasteiger partial charge in [0.05, 0.1) is 40.8 Å². The molecule has 27 nitrogen and oxygen atoms in total. The number of fused-ring (bicyclic) bond motifs is 3. The summed E-state index contributed by atoms with van der Waals surface area (Å²) in [7, 11) is 4.50. The van der Waals surface area contributed by atoms with Crippen molar-refractivity contribution in [1.82, 2.24) is 59.6 Å². The SMILES string of the molecule is CCC(C)n1c(=O)c(OCC(=O)NC)cc2cc(Nc3nc(N4CCC(C)CC4)ncc3Cl)ccc21.CNC(=O)COc1cc2c(F)c(Nc3nc(N4CCC(C)(F)CC4)ncc3Cl)ccc2n(C(C)C)c1=O.CNC(=O)COc1cc2cc(Nc3nc(N4CCC(C)CC4)ncc3Cl)ccc2n(CC(C)C)c1=O. The molecule has 9 heterocycles. The van der Waals surface area contributed by atoms with E-state index in [-0.39, 0.29) is 99.9 Å². The van der Waals surface area contributed by atoms with Crippen molar-refractivity contribution >= 4 is 138 Å². The molecule has 0 saturated carbocycles. The molecule has 6 aromatic heterocycles. The van der Waals surface area contributed by atoms with Crippen molar-refractivity contribution in [2.24, 2.45) is 17.8 Å². The minimum atomic E-state index is -1.22. The third-order valence-corrected chi connectivity index (χ3v) is 20.2. The normalized spacial score (nSPS) is 14.9. The Balaban J connectivity index is 0.000000174. The summed E-state index contributed by atoms with van der Waals surface area (Å²) in [5, 5.41) is 19.7. The number of hydrogen-bond donors (Lipinski definition) is 6. The van der Waals surface area contributed by atoms with E-state index < -0.39 is 23.0 Å². The zero-order valence-electron chi connectivity index (χ0n) is 63.4. The van der Waals surface area contributed by atoms with Crippen LogP contribution in [-0.4, -0.2) is 147 Å². The maximum Gasteiger partial charge on any atom is 0.293 e. The van der Waals surface area contributed by atoms with Gasteiger partial charge in [-0.25, -0.2) is 23.7 Å². The summed E-state index contributed by atoms with van der Waals surface area (Å²) in [5.41, 5.74) is 1.29. The van der Waals surface area contributed by atoms with Gasteiger partial charge < -0.3 is 74.5 Å². The molecule has 109 heavy (non-hydrogen) atoms. The lowest BCUT2D eigenvalue weighted by Crippen LogP contribution is -2.40. The Morgan fingerprint density at radius 2 is 0.954 bits per heavy atom. The molecular formula is C77H95Cl3F2N18O9. The van der Waals surface area contributed by atoms with Gasteiger partial charge in [0, 0.05) is 107 Å². The summed E-state index contributed by atoms with van der Waals surface area (Å²) in [6.45, 7) is 22.1. The van der Waals surface area contributed by atoms with Gasteiger partial charge in [0.1, 0.15) is 20.7 Å². The maximum atomic E-state index is 15.8. The summed E-state index contributed by atoms with van der Waals surface area (Å²) >= 11 is 19.2. The summed E-state index contributed by atoms with van der Waals surface area (Å²) in [6, 6.07) is 18.8. The van der Waals surface area contributed by atoms with E-state index in [1.54, 1.807) is 60.5 Å². The summed E-state index contributed by atoms with van der Waals surface area (Å²) in [4.78, 5) is 107. The Bertz CT molecular complexity index is 4960. The highest BCUT2D eigenvalue weighted by molar-refractivity contribution is 6.33. The topological polar surface area (TPSA) is 304 Å². The highest BCUT2D eigenvalue weighted by Crippen LogP contribution is 2.36. The van der Waals surface area contributed by atoms with Gasteiger partial charge in [-0.3, -0.25) is 28.8 Å². The van der Waals surface area contributed by atoms with E-state index in [4.69, 9.17) is 59.0 Å².